The molecule has 1 aliphatic heterocycles. The minimum absolute atomic E-state index is 0.00839. The van der Waals surface area contributed by atoms with E-state index in [9.17, 15) is 9.59 Å². The van der Waals surface area contributed by atoms with Crippen LogP contribution in [0.15, 0.2) is 72.8 Å². The molecule has 3 aromatic rings. The first-order valence-electron chi connectivity index (χ1n) is 10.3. The summed E-state index contributed by atoms with van der Waals surface area (Å²) in [5, 5.41) is 5.21. The van der Waals surface area contributed by atoms with Gasteiger partial charge in [-0.1, -0.05) is 72.8 Å². The van der Waals surface area contributed by atoms with E-state index in [4.69, 9.17) is 0 Å². The summed E-state index contributed by atoms with van der Waals surface area (Å²) < 4.78 is 0. The molecule has 1 saturated carbocycles. The predicted molar refractivity (Wildman–Crippen MR) is 114 cm³/mol. The summed E-state index contributed by atoms with van der Waals surface area (Å²) in [5.74, 6) is -0.883. The van der Waals surface area contributed by atoms with Crippen LogP contribution in [0.4, 0.5) is 0 Å². The molecule has 146 valence electrons. The van der Waals surface area contributed by atoms with Gasteiger partial charge in [0.15, 0.2) is 0 Å². The summed E-state index contributed by atoms with van der Waals surface area (Å²) in [5.41, 5.74) is 2.47. The second-order valence-corrected chi connectivity index (χ2v) is 8.29. The minimum atomic E-state index is -0.483. The molecule has 2 fully saturated rings. The molecule has 5 rings (SSSR count). The van der Waals surface area contributed by atoms with Gasteiger partial charge in [0.25, 0.3) is 0 Å². The molecule has 0 radical (unpaired) electrons. The maximum atomic E-state index is 12.8. The van der Waals surface area contributed by atoms with Gasteiger partial charge >= 0.3 is 11.8 Å². The quantitative estimate of drug-likeness (QED) is 0.685. The molecule has 0 unspecified atom stereocenters. The van der Waals surface area contributed by atoms with E-state index in [1.54, 1.807) is 0 Å². The van der Waals surface area contributed by atoms with E-state index in [0.29, 0.717) is 13.1 Å². The summed E-state index contributed by atoms with van der Waals surface area (Å²) in [4.78, 5) is 26.8. The van der Waals surface area contributed by atoms with Crippen LogP contribution in [-0.2, 0) is 21.4 Å². The number of carbonyl (C=O) groups is 2. The topological polar surface area (TPSA) is 49.4 Å². The Hall–Kier alpha value is -3.14. The third-order valence-electron chi connectivity index (χ3n) is 6.44. The molecule has 4 nitrogen and oxygen atoms in total. The van der Waals surface area contributed by atoms with Gasteiger partial charge in [0.05, 0.1) is 6.04 Å². The number of carbonyl (C=O) groups excluding carboxylic acids is 2. The highest BCUT2D eigenvalue weighted by atomic mass is 16.2. The molecular formula is C25H24N2O2. The fraction of sp³-hybridized carbons (Fsp3) is 0.280. The highest BCUT2D eigenvalue weighted by molar-refractivity contribution is 6.35. The van der Waals surface area contributed by atoms with Gasteiger partial charge in [0, 0.05) is 18.5 Å². The molecule has 2 amide bonds. The van der Waals surface area contributed by atoms with Crippen molar-refractivity contribution in [3.63, 3.8) is 0 Å². The minimum Gasteiger partial charge on any atom is -0.346 e. The first-order valence-corrected chi connectivity index (χ1v) is 10.3. The van der Waals surface area contributed by atoms with E-state index in [1.807, 2.05) is 35.2 Å². The first kappa shape index (κ1) is 17.9. The van der Waals surface area contributed by atoms with Crippen LogP contribution in [-0.4, -0.2) is 35.8 Å². The zero-order chi connectivity index (χ0) is 19.8. The van der Waals surface area contributed by atoms with E-state index in [-0.39, 0.29) is 11.5 Å². The van der Waals surface area contributed by atoms with Crippen molar-refractivity contribution in [2.24, 2.45) is 0 Å². The summed E-state index contributed by atoms with van der Waals surface area (Å²) in [6.07, 6.45) is 2.85. The molecule has 0 spiro atoms. The average Bonchev–Trinajstić information content (AvgIpc) is 3.55. The van der Waals surface area contributed by atoms with Gasteiger partial charge < -0.3 is 10.2 Å². The third-order valence-corrected chi connectivity index (χ3v) is 6.44. The van der Waals surface area contributed by atoms with Crippen molar-refractivity contribution in [2.75, 3.05) is 13.1 Å². The lowest BCUT2D eigenvalue weighted by Crippen LogP contribution is -2.60. The first-order chi connectivity index (χ1) is 14.2. The van der Waals surface area contributed by atoms with E-state index < -0.39 is 11.8 Å². The number of hydrogen-bond acceptors (Lipinski definition) is 2. The normalized spacial score (nSPS) is 20.6. The smallest absolute Gasteiger partial charge is 0.312 e. The molecular weight excluding hydrogens is 360 g/mol. The van der Waals surface area contributed by atoms with Gasteiger partial charge in [0.2, 0.25) is 0 Å². The lowest BCUT2D eigenvalue weighted by molar-refractivity contribution is -0.150. The van der Waals surface area contributed by atoms with Gasteiger partial charge in [-0.15, -0.1) is 0 Å². The number of hydrogen-bond donors (Lipinski definition) is 1. The Morgan fingerprint density at radius 1 is 0.897 bits per heavy atom. The second kappa shape index (κ2) is 7.03. The number of rotatable bonds is 5. The summed E-state index contributed by atoms with van der Waals surface area (Å²) in [6.45, 7) is 1.11. The molecule has 2 aliphatic rings. The Labute approximate surface area is 170 Å². The highest BCUT2D eigenvalue weighted by Gasteiger charge is 2.48. The molecule has 0 aromatic heterocycles. The lowest BCUT2D eigenvalue weighted by Gasteiger charge is -2.38. The van der Waals surface area contributed by atoms with Crippen LogP contribution < -0.4 is 5.32 Å². The zero-order valence-corrected chi connectivity index (χ0v) is 16.3. The number of benzene rings is 3. The largest absolute Gasteiger partial charge is 0.346 e. The van der Waals surface area contributed by atoms with Crippen molar-refractivity contribution in [3.05, 3.63) is 83.9 Å². The Kier molecular flexibility index (Phi) is 4.35. The highest BCUT2D eigenvalue weighted by Crippen LogP contribution is 2.49. The van der Waals surface area contributed by atoms with Gasteiger partial charge in [-0.3, -0.25) is 9.59 Å². The number of nitrogens with zero attached hydrogens (tertiary/aromatic N) is 1. The monoisotopic (exact) mass is 384 g/mol. The van der Waals surface area contributed by atoms with Crippen molar-refractivity contribution in [1.29, 1.82) is 0 Å². The molecule has 0 bridgehead atoms. The summed E-state index contributed by atoms with van der Waals surface area (Å²) >= 11 is 0. The SMILES string of the molecule is O=C1NC[C@@H](Cc2cccc3ccccc23)N(CC2(c3ccccc3)CC2)C1=O. The predicted octanol–water partition coefficient (Wildman–Crippen LogP) is 3.44. The van der Waals surface area contributed by atoms with Crippen LogP contribution in [0.2, 0.25) is 0 Å². The molecule has 1 atom stereocenters. The van der Waals surface area contributed by atoms with Crippen LogP contribution in [0.25, 0.3) is 10.8 Å². The third kappa shape index (κ3) is 3.29. The van der Waals surface area contributed by atoms with Crippen molar-refractivity contribution in [2.45, 2.75) is 30.7 Å². The van der Waals surface area contributed by atoms with Crippen molar-refractivity contribution < 1.29 is 9.59 Å². The Bertz CT molecular complexity index is 1070. The molecule has 3 aromatic carbocycles. The number of fused-ring (bicyclic) bond motifs is 1. The molecule has 1 N–H and O–H groups in total. The summed E-state index contributed by atoms with van der Waals surface area (Å²) in [6, 6.07) is 25.0. The second-order valence-electron chi connectivity index (χ2n) is 8.29. The maximum absolute atomic E-state index is 12.8. The van der Waals surface area contributed by atoms with E-state index in [2.05, 4.69) is 47.8 Å². The van der Waals surface area contributed by atoms with Crippen molar-refractivity contribution in [3.8, 4) is 0 Å². The number of piperazine rings is 1. The van der Waals surface area contributed by atoms with Crippen molar-refractivity contribution in [1.82, 2.24) is 10.2 Å². The van der Waals surface area contributed by atoms with Crippen LogP contribution in [0.1, 0.15) is 24.0 Å². The molecule has 29 heavy (non-hydrogen) atoms. The lowest BCUT2D eigenvalue weighted by atomic mass is 9.92. The molecule has 1 saturated heterocycles. The number of nitrogens with one attached hydrogen (secondary N) is 1. The Balaban J connectivity index is 1.45. The zero-order valence-electron chi connectivity index (χ0n) is 16.3. The fourth-order valence-electron chi connectivity index (χ4n) is 4.61. The van der Waals surface area contributed by atoms with Crippen LogP contribution in [0, 0.1) is 0 Å². The maximum Gasteiger partial charge on any atom is 0.312 e. The van der Waals surface area contributed by atoms with Gasteiger partial charge in [-0.2, -0.15) is 0 Å². The van der Waals surface area contributed by atoms with Crippen LogP contribution in [0.3, 0.4) is 0 Å². The van der Waals surface area contributed by atoms with E-state index in [0.717, 1.165) is 19.3 Å². The van der Waals surface area contributed by atoms with E-state index >= 15 is 0 Å². The van der Waals surface area contributed by atoms with Gasteiger partial charge in [-0.25, -0.2) is 0 Å². The number of amides is 2. The average molecular weight is 384 g/mol. The Morgan fingerprint density at radius 3 is 2.41 bits per heavy atom. The molecule has 1 aliphatic carbocycles. The standard InChI is InChI=1S/C25H24N2O2/c28-23-24(29)27(17-25(13-14-25)20-10-2-1-3-11-20)21(16-26-23)15-19-9-6-8-18-7-4-5-12-22(18)19/h1-12,21H,13-17H2,(H,26,28)/t21-/m1/s1. The van der Waals surface area contributed by atoms with Crippen molar-refractivity contribution >= 4 is 22.6 Å². The fourth-order valence-corrected chi connectivity index (χ4v) is 4.61. The summed E-state index contributed by atoms with van der Waals surface area (Å²) in [7, 11) is 0. The van der Waals surface area contributed by atoms with E-state index in [1.165, 1.54) is 21.9 Å². The Morgan fingerprint density at radius 2 is 1.62 bits per heavy atom. The van der Waals surface area contributed by atoms with Crippen LogP contribution in [0.5, 0.6) is 0 Å². The van der Waals surface area contributed by atoms with Crippen LogP contribution >= 0.6 is 0 Å². The molecule has 1 heterocycles. The van der Waals surface area contributed by atoms with Gasteiger partial charge in [0.1, 0.15) is 0 Å². The molecule has 4 heteroatoms. The van der Waals surface area contributed by atoms with Gasteiger partial charge in [-0.05, 0) is 41.2 Å².